The summed E-state index contributed by atoms with van der Waals surface area (Å²) in [6.07, 6.45) is 3.47. The number of allylic oxidation sites excluding steroid dienone is 1. The average Bonchev–Trinajstić information content (AvgIpc) is 3.04. The number of rotatable bonds is 5. The number of carbonyl (C=O) groups is 1. The van der Waals surface area contributed by atoms with Crippen molar-refractivity contribution in [1.29, 1.82) is 0 Å². The molecule has 0 saturated carbocycles. The molecule has 3 nitrogen and oxygen atoms in total. The molecule has 1 aliphatic heterocycles. The fourth-order valence-corrected chi connectivity index (χ4v) is 3.40. The van der Waals surface area contributed by atoms with Crippen LogP contribution in [0, 0.1) is 6.92 Å². The van der Waals surface area contributed by atoms with Gasteiger partial charge in [0.25, 0.3) is 0 Å². The van der Waals surface area contributed by atoms with Gasteiger partial charge in [-0.15, -0.1) is 0 Å². The van der Waals surface area contributed by atoms with Crippen molar-refractivity contribution in [2.45, 2.75) is 13.5 Å². The second kappa shape index (κ2) is 7.98. The zero-order valence-electron chi connectivity index (χ0n) is 15.9. The van der Waals surface area contributed by atoms with Crippen LogP contribution in [0.25, 0.3) is 12.2 Å². The summed E-state index contributed by atoms with van der Waals surface area (Å²) in [6, 6.07) is 18.9. The van der Waals surface area contributed by atoms with Crippen LogP contribution in [-0.2, 0) is 6.61 Å². The van der Waals surface area contributed by atoms with Crippen LogP contribution in [0.1, 0.15) is 32.6 Å². The lowest BCUT2D eigenvalue weighted by atomic mass is 10.0. The molecule has 0 N–H and O–H groups in total. The number of fused-ring (bicyclic) bond motifs is 1. The highest BCUT2D eigenvalue weighted by Gasteiger charge is 2.30. The van der Waals surface area contributed by atoms with Crippen LogP contribution in [-0.4, -0.2) is 5.78 Å². The van der Waals surface area contributed by atoms with Gasteiger partial charge in [0.05, 0.1) is 5.56 Å². The molecule has 0 bridgehead atoms. The first kappa shape index (κ1) is 19.0. The van der Waals surface area contributed by atoms with Crippen molar-refractivity contribution in [2.75, 3.05) is 0 Å². The van der Waals surface area contributed by atoms with Gasteiger partial charge in [-0.1, -0.05) is 66.7 Å². The van der Waals surface area contributed by atoms with E-state index in [1.54, 1.807) is 24.3 Å². The van der Waals surface area contributed by atoms with E-state index in [2.05, 4.69) is 6.58 Å². The number of ketones is 1. The number of aryl methyl sites for hydroxylation is 1. The van der Waals surface area contributed by atoms with Crippen molar-refractivity contribution in [3.63, 3.8) is 0 Å². The first-order valence-electron chi connectivity index (χ1n) is 9.23. The fraction of sp³-hybridized carbons (Fsp3) is 0.0800. The minimum atomic E-state index is -0.149. The van der Waals surface area contributed by atoms with Crippen molar-refractivity contribution < 1.29 is 14.3 Å². The van der Waals surface area contributed by atoms with Crippen LogP contribution in [0.2, 0.25) is 5.02 Å². The SMILES string of the molecule is C=Cc1ccc(COc2cc(C)c3c(c2)O/C(=C\c2ccccc2Cl)C3=O)cc1. The number of ether oxygens (including phenoxy) is 2. The molecule has 0 unspecified atom stereocenters. The molecule has 0 aromatic heterocycles. The molecular weight excluding hydrogens is 384 g/mol. The predicted molar refractivity (Wildman–Crippen MR) is 116 cm³/mol. The van der Waals surface area contributed by atoms with E-state index >= 15 is 0 Å². The third-order valence-electron chi connectivity index (χ3n) is 4.76. The molecule has 0 aliphatic carbocycles. The molecule has 3 aromatic carbocycles. The topological polar surface area (TPSA) is 35.5 Å². The highest BCUT2D eigenvalue weighted by atomic mass is 35.5. The summed E-state index contributed by atoms with van der Waals surface area (Å²) in [5.41, 5.74) is 4.22. The maximum absolute atomic E-state index is 12.8. The third-order valence-corrected chi connectivity index (χ3v) is 5.10. The molecule has 1 heterocycles. The number of hydrogen-bond acceptors (Lipinski definition) is 3. The van der Waals surface area contributed by atoms with E-state index in [0.29, 0.717) is 28.7 Å². The zero-order valence-corrected chi connectivity index (χ0v) is 16.7. The largest absolute Gasteiger partial charge is 0.489 e. The Hall–Kier alpha value is -3.30. The molecule has 3 aromatic rings. The molecular formula is C25H19ClO3. The highest BCUT2D eigenvalue weighted by Crippen LogP contribution is 2.38. The number of benzene rings is 3. The van der Waals surface area contributed by atoms with Crippen LogP contribution < -0.4 is 9.47 Å². The Morgan fingerprint density at radius 3 is 2.59 bits per heavy atom. The second-order valence-electron chi connectivity index (χ2n) is 6.81. The van der Waals surface area contributed by atoms with Crippen LogP contribution in [0.5, 0.6) is 11.5 Å². The van der Waals surface area contributed by atoms with E-state index in [9.17, 15) is 4.79 Å². The molecule has 0 spiro atoms. The molecule has 0 amide bonds. The van der Waals surface area contributed by atoms with Gasteiger partial charge in [0, 0.05) is 11.1 Å². The molecule has 0 fully saturated rings. The van der Waals surface area contributed by atoms with Gasteiger partial charge in [-0.05, 0) is 47.4 Å². The molecule has 144 valence electrons. The molecule has 4 heteroatoms. The number of Topliss-reactive ketones (excluding diaryl/α,β-unsaturated/α-hetero) is 1. The van der Waals surface area contributed by atoms with Crippen LogP contribution in [0.4, 0.5) is 0 Å². The summed E-state index contributed by atoms with van der Waals surface area (Å²) >= 11 is 6.20. The lowest BCUT2D eigenvalue weighted by Crippen LogP contribution is -2.00. The molecule has 0 atom stereocenters. The molecule has 1 aliphatic rings. The van der Waals surface area contributed by atoms with Gasteiger partial charge < -0.3 is 9.47 Å². The molecule has 4 rings (SSSR count). The van der Waals surface area contributed by atoms with E-state index in [-0.39, 0.29) is 11.5 Å². The van der Waals surface area contributed by atoms with Crippen LogP contribution >= 0.6 is 11.6 Å². The lowest BCUT2D eigenvalue weighted by molar-refractivity contribution is 0.101. The Morgan fingerprint density at radius 2 is 1.86 bits per heavy atom. The van der Waals surface area contributed by atoms with Crippen molar-refractivity contribution in [1.82, 2.24) is 0 Å². The highest BCUT2D eigenvalue weighted by molar-refractivity contribution is 6.32. The summed E-state index contributed by atoms with van der Waals surface area (Å²) in [7, 11) is 0. The number of carbonyl (C=O) groups excluding carboxylic acids is 1. The minimum absolute atomic E-state index is 0.149. The van der Waals surface area contributed by atoms with E-state index in [0.717, 1.165) is 22.3 Å². The quantitative estimate of drug-likeness (QED) is 0.458. The van der Waals surface area contributed by atoms with E-state index in [1.807, 2.05) is 55.5 Å². The Morgan fingerprint density at radius 1 is 1.10 bits per heavy atom. The molecule has 0 radical (unpaired) electrons. The van der Waals surface area contributed by atoms with E-state index in [4.69, 9.17) is 21.1 Å². The summed E-state index contributed by atoms with van der Waals surface area (Å²) < 4.78 is 11.8. The maximum atomic E-state index is 12.8. The van der Waals surface area contributed by atoms with Crippen molar-refractivity contribution in [3.05, 3.63) is 106 Å². The summed E-state index contributed by atoms with van der Waals surface area (Å²) in [5.74, 6) is 1.27. The molecule has 0 saturated heterocycles. The van der Waals surface area contributed by atoms with Gasteiger partial charge in [0.2, 0.25) is 5.78 Å². The Labute approximate surface area is 174 Å². The molecule has 29 heavy (non-hydrogen) atoms. The van der Waals surface area contributed by atoms with Crippen LogP contribution in [0.15, 0.2) is 73.0 Å². The van der Waals surface area contributed by atoms with E-state index < -0.39 is 0 Å². The summed E-state index contributed by atoms with van der Waals surface area (Å²) in [6.45, 7) is 6.06. The summed E-state index contributed by atoms with van der Waals surface area (Å²) in [4.78, 5) is 12.8. The first-order chi connectivity index (χ1) is 14.0. The van der Waals surface area contributed by atoms with Crippen molar-refractivity contribution in [2.24, 2.45) is 0 Å². The Kier molecular flexibility index (Phi) is 5.24. The number of hydrogen-bond donors (Lipinski definition) is 0. The smallest absolute Gasteiger partial charge is 0.232 e. The lowest BCUT2D eigenvalue weighted by Gasteiger charge is -2.09. The first-order valence-corrected chi connectivity index (χ1v) is 9.60. The van der Waals surface area contributed by atoms with Crippen molar-refractivity contribution >= 4 is 29.5 Å². The van der Waals surface area contributed by atoms with Crippen molar-refractivity contribution in [3.8, 4) is 11.5 Å². The maximum Gasteiger partial charge on any atom is 0.232 e. The van der Waals surface area contributed by atoms with Gasteiger partial charge >= 0.3 is 0 Å². The van der Waals surface area contributed by atoms with Gasteiger partial charge in [-0.2, -0.15) is 0 Å². The van der Waals surface area contributed by atoms with E-state index in [1.165, 1.54) is 0 Å². The standard InChI is InChI=1S/C25H19ClO3/c1-3-17-8-10-18(11-9-17)15-28-20-12-16(2)24-22(14-20)29-23(25(24)27)13-19-6-4-5-7-21(19)26/h3-14H,1,15H2,2H3/b23-13-. The van der Waals surface area contributed by atoms with Gasteiger partial charge in [-0.3, -0.25) is 4.79 Å². The predicted octanol–water partition coefficient (Wildman–Crippen LogP) is 6.49. The minimum Gasteiger partial charge on any atom is -0.489 e. The zero-order chi connectivity index (χ0) is 20.4. The van der Waals surface area contributed by atoms with Gasteiger partial charge in [0.1, 0.15) is 18.1 Å². The second-order valence-corrected chi connectivity index (χ2v) is 7.22. The fourth-order valence-electron chi connectivity index (χ4n) is 3.21. The van der Waals surface area contributed by atoms with Gasteiger partial charge in [0.15, 0.2) is 5.76 Å². The Bertz CT molecular complexity index is 1130. The normalized spacial score (nSPS) is 13.9. The monoisotopic (exact) mass is 402 g/mol. The number of halogens is 1. The third kappa shape index (κ3) is 3.96. The summed E-state index contributed by atoms with van der Waals surface area (Å²) in [5, 5.41) is 0.565. The van der Waals surface area contributed by atoms with Gasteiger partial charge in [-0.25, -0.2) is 0 Å². The van der Waals surface area contributed by atoms with Crippen LogP contribution in [0.3, 0.4) is 0 Å². The Balaban J connectivity index is 1.55. The average molecular weight is 403 g/mol.